The molecule has 98 valence electrons. The van der Waals surface area contributed by atoms with Crippen molar-refractivity contribution < 1.29 is 14.6 Å². The summed E-state index contributed by atoms with van der Waals surface area (Å²) in [6, 6.07) is 7.54. The summed E-state index contributed by atoms with van der Waals surface area (Å²) in [5.41, 5.74) is 0.799. The molecular formula is C14H19NO3. The molecule has 1 heterocycles. The first-order valence-corrected chi connectivity index (χ1v) is 6.33. The van der Waals surface area contributed by atoms with Crippen LogP contribution >= 0.6 is 0 Å². The van der Waals surface area contributed by atoms with E-state index in [1.807, 2.05) is 38.1 Å². The summed E-state index contributed by atoms with van der Waals surface area (Å²) in [4.78, 5) is 13.8. The molecule has 1 fully saturated rings. The number of anilines is 1. The lowest BCUT2D eigenvalue weighted by molar-refractivity contribution is -0.117. The van der Waals surface area contributed by atoms with Crippen molar-refractivity contribution in [3.8, 4) is 5.75 Å². The van der Waals surface area contributed by atoms with Gasteiger partial charge in [0.2, 0.25) is 5.91 Å². The molecular weight excluding hydrogens is 230 g/mol. The van der Waals surface area contributed by atoms with Crippen LogP contribution in [-0.4, -0.2) is 30.3 Å². The fourth-order valence-corrected chi connectivity index (χ4v) is 2.44. The van der Waals surface area contributed by atoms with Crippen LogP contribution in [0.15, 0.2) is 24.3 Å². The number of hydrogen-bond acceptors (Lipinski definition) is 3. The lowest BCUT2D eigenvalue weighted by Crippen LogP contribution is -2.34. The van der Waals surface area contributed by atoms with Crippen LogP contribution in [0.25, 0.3) is 0 Å². The van der Waals surface area contributed by atoms with Gasteiger partial charge in [-0.1, -0.05) is 12.1 Å². The number of carbonyl (C=O) groups excluding carboxylic acids is 1. The van der Waals surface area contributed by atoms with Crippen molar-refractivity contribution in [2.45, 2.75) is 26.3 Å². The van der Waals surface area contributed by atoms with Gasteiger partial charge in [-0.2, -0.15) is 0 Å². The van der Waals surface area contributed by atoms with Crippen LogP contribution in [0, 0.1) is 5.92 Å². The summed E-state index contributed by atoms with van der Waals surface area (Å²) < 4.78 is 5.56. The van der Waals surface area contributed by atoms with Crippen molar-refractivity contribution >= 4 is 11.6 Å². The average Bonchev–Trinajstić information content (AvgIpc) is 2.66. The normalized spacial score (nSPS) is 23.5. The molecule has 1 aromatic carbocycles. The number of para-hydroxylation sites is 2. The van der Waals surface area contributed by atoms with E-state index in [4.69, 9.17) is 4.74 Å². The molecule has 2 rings (SSSR count). The van der Waals surface area contributed by atoms with Crippen LogP contribution in [0.1, 0.15) is 20.3 Å². The predicted molar refractivity (Wildman–Crippen MR) is 69.8 cm³/mol. The van der Waals surface area contributed by atoms with E-state index in [1.165, 1.54) is 0 Å². The quantitative estimate of drug-likeness (QED) is 0.885. The van der Waals surface area contributed by atoms with Crippen LogP contribution in [-0.2, 0) is 4.79 Å². The Morgan fingerprint density at radius 3 is 2.78 bits per heavy atom. The van der Waals surface area contributed by atoms with Gasteiger partial charge < -0.3 is 14.7 Å². The second kappa shape index (κ2) is 5.40. The number of hydrogen-bond donors (Lipinski definition) is 1. The van der Waals surface area contributed by atoms with Crippen LogP contribution in [0.2, 0.25) is 0 Å². The third kappa shape index (κ3) is 2.20. The Hall–Kier alpha value is -1.55. The fourth-order valence-electron chi connectivity index (χ4n) is 2.44. The van der Waals surface area contributed by atoms with E-state index in [1.54, 1.807) is 4.90 Å². The summed E-state index contributed by atoms with van der Waals surface area (Å²) in [7, 11) is 0. The lowest BCUT2D eigenvalue weighted by atomic mass is 10.0. The molecule has 1 amide bonds. The lowest BCUT2D eigenvalue weighted by Gasteiger charge is -2.26. The first-order chi connectivity index (χ1) is 8.69. The van der Waals surface area contributed by atoms with E-state index >= 15 is 0 Å². The maximum atomic E-state index is 12.1. The highest BCUT2D eigenvalue weighted by molar-refractivity contribution is 5.97. The highest BCUT2D eigenvalue weighted by Gasteiger charge is 2.38. The third-order valence-electron chi connectivity index (χ3n) is 3.45. The van der Waals surface area contributed by atoms with Crippen LogP contribution in [0.4, 0.5) is 5.69 Å². The number of nitrogens with zero attached hydrogens (tertiary/aromatic N) is 1. The minimum atomic E-state index is 0.00380. The Bertz CT molecular complexity index is 433. The highest BCUT2D eigenvalue weighted by atomic mass is 16.5. The Kier molecular flexibility index (Phi) is 3.87. The van der Waals surface area contributed by atoms with Crippen molar-refractivity contribution in [1.82, 2.24) is 0 Å². The molecule has 0 aromatic heterocycles. The van der Waals surface area contributed by atoms with E-state index in [0.29, 0.717) is 13.0 Å². The molecule has 18 heavy (non-hydrogen) atoms. The van der Waals surface area contributed by atoms with Gasteiger partial charge in [-0.15, -0.1) is 0 Å². The maximum Gasteiger partial charge on any atom is 0.227 e. The predicted octanol–water partition coefficient (Wildman–Crippen LogP) is 1.82. The number of amides is 1. The zero-order valence-electron chi connectivity index (χ0n) is 10.8. The fraction of sp³-hybridized carbons (Fsp3) is 0.500. The molecule has 0 aliphatic carbocycles. The van der Waals surface area contributed by atoms with E-state index in [9.17, 15) is 9.90 Å². The zero-order valence-corrected chi connectivity index (χ0v) is 10.8. The smallest absolute Gasteiger partial charge is 0.227 e. The van der Waals surface area contributed by atoms with E-state index in [-0.39, 0.29) is 24.5 Å². The van der Waals surface area contributed by atoms with Crippen LogP contribution in [0.3, 0.4) is 0 Å². The van der Waals surface area contributed by atoms with Gasteiger partial charge in [0, 0.05) is 25.0 Å². The molecule has 1 aromatic rings. The molecule has 1 aliphatic rings. The van der Waals surface area contributed by atoms with E-state index in [2.05, 4.69) is 0 Å². The number of benzene rings is 1. The third-order valence-corrected chi connectivity index (χ3v) is 3.45. The molecule has 0 spiro atoms. The van der Waals surface area contributed by atoms with Crippen molar-refractivity contribution in [2.24, 2.45) is 5.92 Å². The average molecular weight is 249 g/mol. The molecule has 1 saturated heterocycles. The SMILES string of the molecule is CCOc1ccccc1N1C(=O)CC(CO)C1C. The number of rotatable bonds is 4. The second-order valence-corrected chi connectivity index (χ2v) is 4.55. The highest BCUT2D eigenvalue weighted by Crippen LogP contribution is 2.36. The van der Waals surface area contributed by atoms with Gasteiger partial charge in [-0.25, -0.2) is 0 Å². The molecule has 2 atom stereocenters. The number of carbonyl (C=O) groups is 1. The summed E-state index contributed by atoms with van der Waals surface area (Å²) in [6.45, 7) is 4.49. The number of ether oxygens (including phenoxy) is 1. The van der Waals surface area contributed by atoms with E-state index in [0.717, 1.165) is 11.4 Å². The Morgan fingerprint density at radius 1 is 1.44 bits per heavy atom. The molecule has 0 bridgehead atoms. The Labute approximate surface area is 107 Å². The summed E-state index contributed by atoms with van der Waals surface area (Å²) >= 11 is 0. The monoisotopic (exact) mass is 249 g/mol. The van der Waals surface area contributed by atoms with Crippen LogP contribution in [0.5, 0.6) is 5.75 Å². The molecule has 4 heteroatoms. The van der Waals surface area contributed by atoms with Gasteiger partial charge in [0.1, 0.15) is 5.75 Å². The molecule has 0 saturated carbocycles. The second-order valence-electron chi connectivity index (χ2n) is 4.55. The van der Waals surface area contributed by atoms with Gasteiger partial charge >= 0.3 is 0 Å². The Morgan fingerprint density at radius 2 is 2.17 bits per heavy atom. The van der Waals surface area contributed by atoms with Gasteiger partial charge in [0.25, 0.3) is 0 Å². The van der Waals surface area contributed by atoms with Crippen molar-refractivity contribution in [2.75, 3.05) is 18.1 Å². The molecule has 2 unspecified atom stereocenters. The molecule has 1 aliphatic heterocycles. The van der Waals surface area contributed by atoms with Gasteiger partial charge in [-0.3, -0.25) is 4.79 Å². The summed E-state index contributed by atoms with van der Waals surface area (Å²) in [6.07, 6.45) is 0.401. The largest absolute Gasteiger partial charge is 0.492 e. The minimum absolute atomic E-state index is 0.00380. The van der Waals surface area contributed by atoms with Gasteiger partial charge in [-0.05, 0) is 26.0 Å². The number of aliphatic hydroxyl groups excluding tert-OH is 1. The molecule has 4 nitrogen and oxygen atoms in total. The van der Waals surface area contributed by atoms with Gasteiger partial charge in [0.15, 0.2) is 0 Å². The molecule has 1 N–H and O–H groups in total. The standard InChI is InChI=1S/C14H19NO3/c1-3-18-13-7-5-4-6-12(13)15-10(2)11(9-16)8-14(15)17/h4-7,10-11,16H,3,8-9H2,1-2H3. The first-order valence-electron chi connectivity index (χ1n) is 6.33. The molecule has 0 radical (unpaired) electrons. The maximum absolute atomic E-state index is 12.1. The van der Waals surface area contributed by atoms with Crippen molar-refractivity contribution in [1.29, 1.82) is 0 Å². The van der Waals surface area contributed by atoms with Crippen molar-refractivity contribution in [3.63, 3.8) is 0 Å². The van der Waals surface area contributed by atoms with Gasteiger partial charge in [0.05, 0.1) is 12.3 Å². The summed E-state index contributed by atoms with van der Waals surface area (Å²) in [5, 5.41) is 9.28. The first kappa shape index (κ1) is 12.9. The van der Waals surface area contributed by atoms with Crippen LogP contribution < -0.4 is 9.64 Å². The summed E-state index contributed by atoms with van der Waals surface area (Å²) in [5.74, 6) is 0.777. The zero-order chi connectivity index (χ0) is 13.1. The van der Waals surface area contributed by atoms with E-state index < -0.39 is 0 Å². The van der Waals surface area contributed by atoms with Crippen molar-refractivity contribution in [3.05, 3.63) is 24.3 Å². The topological polar surface area (TPSA) is 49.8 Å². The Balaban J connectivity index is 2.33. The minimum Gasteiger partial charge on any atom is -0.492 e. The number of aliphatic hydroxyl groups is 1.